The number of ether oxygens (including phenoxy) is 1. The maximum Gasteiger partial charge on any atom is 0.511 e. The maximum atomic E-state index is 14.1. The van der Waals surface area contributed by atoms with E-state index < -0.39 is 39.3 Å². The van der Waals surface area contributed by atoms with Crippen molar-refractivity contribution in [3.63, 3.8) is 0 Å². The summed E-state index contributed by atoms with van der Waals surface area (Å²) in [5.74, 6) is -1.43. The molecular formula is C18H22F5N3O3S. The van der Waals surface area contributed by atoms with Gasteiger partial charge in [0.1, 0.15) is 17.7 Å². The van der Waals surface area contributed by atoms with Crippen LogP contribution in [0.5, 0.6) is 0 Å². The molecule has 3 fully saturated rings. The van der Waals surface area contributed by atoms with E-state index in [1.54, 1.807) is 0 Å². The number of halogens is 5. The fourth-order valence-electron chi connectivity index (χ4n) is 4.88. The summed E-state index contributed by atoms with van der Waals surface area (Å²) in [7, 11) is -5.36. The molecule has 168 valence electrons. The molecule has 0 saturated carbocycles. The smallest absolute Gasteiger partial charge is 0.370 e. The normalized spacial score (nSPS) is 33.7. The largest absolute Gasteiger partial charge is 0.511 e. The molecule has 3 saturated heterocycles. The predicted molar refractivity (Wildman–Crippen MR) is 96.6 cm³/mol. The van der Waals surface area contributed by atoms with E-state index in [1.165, 1.54) is 0 Å². The lowest BCUT2D eigenvalue weighted by atomic mass is 9.92. The summed E-state index contributed by atoms with van der Waals surface area (Å²) in [4.78, 5) is 1.95. The monoisotopic (exact) mass is 455 g/mol. The molecule has 3 aliphatic heterocycles. The lowest BCUT2D eigenvalue weighted by Gasteiger charge is -2.41. The number of likely N-dealkylation sites (tertiary alicyclic amines) is 1. The molecule has 2 N–H and O–H groups in total. The number of rotatable bonds is 3. The minimum atomic E-state index is -5.36. The first-order chi connectivity index (χ1) is 14.0. The summed E-state index contributed by atoms with van der Waals surface area (Å²) >= 11 is 0. The first-order valence-electron chi connectivity index (χ1n) is 9.63. The van der Waals surface area contributed by atoms with E-state index >= 15 is 0 Å². The lowest BCUT2D eigenvalue weighted by molar-refractivity contribution is -0.0559. The highest BCUT2D eigenvalue weighted by Crippen LogP contribution is 2.40. The Kier molecular flexibility index (Phi) is 5.59. The van der Waals surface area contributed by atoms with Crippen LogP contribution < -0.4 is 5.73 Å². The minimum Gasteiger partial charge on any atom is -0.370 e. The molecule has 12 heteroatoms. The third-order valence-electron chi connectivity index (χ3n) is 6.32. The summed E-state index contributed by atoms with van der Waals surface area (Å²) in [5, 5.41) is 0. The molecule has 1 aromatic rings. The molecule has 30 heavy (non-hydrogen) atoms. The number of alkyl halides is 3. The van der Waals surface area contributed by atoms with Gasteiger partial charge in [-0.2, -0.15) is 17.5 Å². The summed E-state index contributed by atoms with van der Waals surface area (Å²) in [5.41, 5.74) is 0.890. The van der Waals surface area contributed by atoms with Gasteiger partial charge in [0.25, 0.3) is 0 Å². The minimum absolute atomic E-state index is 0.0311. The summed E-state index contributed by atoms with van der Waals surface area (Å²) in [6, 6.07) is 1.81. The third kappa shape index (κ3) is 3.72. The second kappa shape index (κ2) is 7.66. The predicted octanol–water partition coefficient (Wildman–Crippen LogP) is 1.98. The molecule has 1 aromatic carbocycles. The second-order valence-corrected chi connectivity index (χ2v) is 10.0. The van der Waals surface area contributed by atoms with Gasteiger partial charge in [-0.1, -0.05) is 0 Å². The summed E-state index contributed by atoms with van der Waals surface area (Å²) in [6.07, 6.45) is 0.110. The Morgan fingerprint density at radius 1 is 1.17 bits per heavy atom. The molecule has 0 spiro atoms. The van der Waals surface area contributed by atoms with E-state index in [9.17, 15) is 30.4 Å². The van der Waals surface area contributed by atoms with E-state index in [0.29, 0.717) is 23.7 Å². The zero-order chi connectivity index (χ0) is 21.8. The van der Waals surface area contributed by atoms with Crippen LogP contribution in [0.3, 0.4) is 0 Å². The SMILES string of the molecule is NC1CC(N2CCC3CN(S(=O)(=O)C(F)(F)F)CC32)COC1c1cc(F)ccc1F. The number of fused-ring (bicyclic) bond motifs is 1. The van der Waals surface area contributed by atoms with E-state index in [0.717, 1.165) is 18.2 Å². The van der Waals surface area contributed by atoms with Gasteiger partial charge in [-0.05, 0) is 43.5 Å². The van der Waals surface area contributed by atoms with Gasteiger partial charge in [-0.3, -0.25) is 4.90 Å². The highest BCUT2D eigenvalue weighted by Gasteiger charge is 2.56. The van der Waals surface area contributed by atoms with Crippen LogP contribution in [0.15, 0.2) is 18.2 Å². The Balaban J connectivity index is 1.45. The van der Waals surface area contributed by atoms with Crippen LogP contribution in [0.4, 0.5) is 22.0 Å². The van der Waals surface area contributed by atoms with E-state index in [2.05, 4.69) is 0 Å². The number of hydrogen-bond donors (Lipinski definition) is 1. The van der Waals surface area contributed by atoms with E-state index in [-0.39, 0.29) is 43.3 Å². The van der Waals surface area contributed by atoms with Gasteiger partial charge in [-0.25, -0.2) is 17.2 Å². The van der Waals surface area contributed by atoms with Gasteiger partial charge < -0.3 is 10.5 Å². The highest BCUT2D eigenvalue weighted by molar-refractivity contribution is 7.90. The van der Waals surface area contributed by atoms with Gasteiger partial charge in [0, 0.05) is 36.8 Å². The average Bonchev–Trinajstić information content (AvgIpc) is 3.24. The Labute approximate surface area is 170 Å². The quantitative estimate of drug-likeness (QED) is 0.706. The van der Waals surface area contributed by atoms with Crippen molar-refractivity contribution in [3.05, 3.63) is 35.4 Å². The van der Waals surface area contributed by atoms with Crippen LogP contribution in [-0.2, 0) is 14.8 Å². The second-order valence-electron chi connectivity index (χ2n) is 8.09. The molecule has 5 atom stereocenters. The van der Waals surface area contributed by atoms with E-state index in [1.807, 2.05) is 4.90 Å². The van der Waals surface area contributed by atoms with Crippen molar-refractivity contribution in [1.29, 1.82) is 0 Å². The number of hydrogen-bond acceptors (Lipinski definition) is 5. The Bertz CT molecular complexity index is 913. The zero-order valence-corrected chi connectivity index (χ0v) is 16.7. The lowest BCUT2D eigenvalue weighted by Crippen LogP contribution is -2.52. The van der Waals surface area contributed by atoms with Crippen LogP contribution in [0.1, 0.15) is 24.5 Å². The maximum absolute atomic E-state index is 14.1. The Hall–Kier alpha value is -1.34. The number of nitrogens with zero attached hydrogens (tertiary/aromatic N) is 2. The number of nitrogens with two attached hydrogens (primary N) is 1. The number of sulfonamides is 1. The molecule has 3 aliphatic rings. The van der Waals surface area contributed by atoms with Gasteiger partial charge in [-0.15, -0.1) is 0 Å². The van der Waals surface area contributed by atoms with Crippen molar-refractivity contribution < 1.29 is 35.1 Å². The van der Waals surface area contributed by atoms with Crippen molar-refractivity contribution in [1.82, 2.24) is 9.21 Å². The molecular weight excluding hydrogens is 433 g/mol. The van der Waals surface area contributed by atoms with Crippen molar-refractivity contribution in [3.8, 4) is 0 Å². The standard InChI is InChI=1S/C18H22F5N3O3S/c19-11-1-2-14(20)13(5-11)17-15(24)6-12(9-29-17)26-4-3-10-7-25(8-16(10)26)30(27,28)18(21,22)23/h1-2,5,10,12,15-17H,3-4,6-9,24H2. The van der Waals surface area contributed by atoms with Crippen LogP contribution in [0, 0.1) is 17.6 Å². The van der Waals surface area contributed by atoms with Crippen molar-refractivity contribution >= 4 is 10.0 Å². The van der Waals surface area contributed by atoms with Crippen molar-refractivity contribution in [2.24, 2.45) is 11.7 Å². The Morgan fingerprint density at radius 2 is 1.90 bits per heavy atom. The molecule has 0 aromatic heterocycles. The van der Waals surface area contributed by atoms with Gasteiger partial charge >= 0.3 is 15.5 Å². The molecule has 0 bridgehead atoms. The molecule has 0 radical (unpaired) electrons. The fraction of sp³-hybridized carbons (Fsp3) is 0.667. The first-order valence-corrected chi connectivity index (χ1v) is 11.1. The molecule has 5 unspecified atom stereocenters. The molecule has 0 aliphatic carbocycles. The van der Waals surface area contributed by atoms with Gasteiger partial charge in [0.2, 0.25) is 0 Å². The zero-order valence-electron chi connectivity index (χ0n) is 15.9. The van der Waals surface area contributed by atoms with Crippen LogP contribution in [-0.4, -0.2) is 67.5 Å². The molecule has 6 nitrogen and oxygen atoms in total. The van der Waals surface area contributed by atoms with E-state index in [4.69, 9.17) is 10.5 Å². The van der Waals surface area contributed by atoms with Gasteiger partial charge in [0.05, 0.1) is 6.61 Å². The first kappa shape index (κ1) is 21.9. The van der Waals surface area contributed by atoms with Crippen molar-refractivity contribution in [2.75, 3.05) is 26.2 Å². The third-order valence-corrected chi connectivity index (χ3v) is 7.89. The van der Waals surface area contributed by atoms with Crippen LogP contribution >= 0.6 is 0 Å². The summed E-state index contributed by atoms with van der Waals surface area (Å²) < 4.78 is 96.0. The van der Waals surface area contributed by atoms with Crippen LogP contribution in [0.2, 0.25) is 0 Å². The number of benzene rings is 1. The Morgan fingerprint density at radius 3 is 2.57 bits per heavy atom. The topological polar surface area (TPSA) is 75.9 Å². The molecule has 0 amide bonds. The molecule has 3 heterocycles. The van der Waals surface area contributed by atoms with Gasteiger partial charge in [0.15, 0.2) is 0 Å². The fourth-order valence-corrected chi connectivity index (χ4v) is 5.91. The van der Waals surface area contributed by atoms with Crippen molar-refractivity contribution in [2.45, 2.75) is 42.6 Å². The average molecular weight is 455 g/mol. The highest BCUT2D eigenvalue weighted by atomic mass is 32.2. The van der Waals surface area contributed by atoms with Crippen LogP contribution in [0.25, 0.3) is 0 Å². The summed E-state index contributed by atoms with van der Waals surface area (Å²) in [6.45, 7) is 0.332. The molecule has 4 rings (SSSR count).